The third-order valence-corrected chi connectivity index (χ3v) is 16.9. The van der Waals surface area contributed by atoms with Crippen LogP contribution in [0.25, 0.3) is 0 Å². The van der Waals surface area contributed by atoms with Crippen molar-refractivity contribution in [2.24, 2.45) is 50.2 Å². The molecule has 0 unspecified atom stereocenters. The fraction of sp³-hybridized carbons (Fsp3) is 0.919. The van der Waals surface area contributed by atoms with E-state index < -0.39 is 15.3 Å². The van der Waals surface area contributed by atoms with Crippen LogP contribution < -0.4 is 0 Å². The van der Waals surface area contributed by atoms with Gasteiger partial charge in [-0.2, -0.15) is 0 Å². The van der Waals surface area contributed by atoms with Gasteiger partial charge in [0.1, 0.15) is 0 Å². The van der Waals surface area contributed by atoms with Gasteiger partial charge in [-0.25, -0.2) is 8.42 Å². The van der Waals surface area contributed by atoms with Gasteiger partial charge in [0.2, 0.25) is 0 Å². The lowest BCUT2D eigenvalue weighted by Crippen LogP contribution is -2.65. The highest BCUT2D eigenvalue weighted by Crippen LogP contribution is 2.75. The predicted octanol–water partition coefficient (Wildman–Crippen LogP) is 6.81. The first kappa shape index (κ1) is 33.0. The summed E-state index contributed by atoms with van der Waals surface area (Å²) < 4.78 is 29.8. The Morgan fingerprint density at radius 2 is 1.61 bits per heavy atom. The molecule has 5 fully saturated rings. The zero-order valence-corrected chi connectivity index (χ0v) is 29.7. The van der Waals surface area contributed by atoms with Crippen LogP contribution in [0.5, 0.6) is 0 Å². The molecule has 0 spiro atoms. The lowest BCUT2D eigenvalue weighted by Gasteiger charge is -2.71. The number of esters is 1. The largest absolute Gasteiger partial charge is 0.465 e. The van der Waals surface area contributed by atoms with Crippen LogP contribution in [0.1, 0.15) is 119 Å². The second-order valence-electron chi connectivity index (χ2n) is 18.2. The van der Waals surface area contributed by atoms with Crippen molar-refractivity contribution in [3.8, 4) is 0 Å². The molecule has 1 heterocycles. The first-order valence-corrected chi connectivity index (χ1v) is 19.7. The van der Waals surface area contributed by atoms with E-state index in [1.54, 1.807) is 5.57 Å². The van der Waals surface area contributed by atoms with Gasteiger partial charge in [0.15, 0.2) is 9.84 Å². The van der Waals surface area contributed by atoms with E-state index in [0.29, 0.717) is 31.5 Å². The lowest BCUT2D eigenvalue weighted by molar-refractivity contribution is -0.206. The van der Waals surface area contributed by atoms with Crippen molar-refractivity contribution >= 4 is 15.8 Å². The Labute approximate surface area is 268 Å². The zero-order valence-electron chi connectivity index (χ0n) is 28.8. The molecule has 6 nitrogen and oxygen atoms in total. The van der Waals surface area contributed by atoms with Gasteiger partial charge in [-0.1, -0.05) is 60.1 Å². The Morgan fingerprint density at radius 1 is 0.932 bits per heavy atom. The van der Waals surface area contributed by atoms with Crippen LogP contribution in [-0.2, 0) is 19.4 Å². The Morgan fingerprint density at radius 3 is 2.32 bits per heavy atom. The van der Waals surface area contributed by atoms with Gasteiger partial charge in [-0.3, -0.25) is 4.79 Å². The van der Waals surface area contributed by atoms with E-state index in [0.717, 1.165) is 64.3 Å². The summed E-state index contributed by atoms with van der Waals surface area (Å²) in [6.07, 6.45) is 13.6. The van der Waals surface area contributed by atoms with Crippen LogP contribution in [0.2, 0.25) is 0 Å². The van der Waals surface area contributed by atoms with E-state index in [1.807, 2.05) is 0 Å². The summed E-state index contributed by atoms with van der Waals surface area (Å²) in [7, 11) is -2.88. The molecular formula is C37H61NO5S. The molecule has 0 bridgehead atoms. The smallest absolute Gasteiger partial charge is 0.312 e. The summed E-state index contributed by atoms with van der Waals surface area (Å²) in [5.41, 5.74) is 1.76. The number of carbonyl (C=O) groups excluding carboxylic acids is 1. The summed E-state index contributed by atoms with van der Waals surface area (Å²) in [6, 6.07) is 0. The first-order chi connectivity index (χ1) is 20.4. The minimum absolute atomic E-state index is 0.0214. The second kappa shape index (κ2) is 10.8. The molecule has 6 aliphatic rings. The highest BCUT2D eigenvalue weighted by atomic mass is 32.2. The number of aliphatic hydroxyl groups excluding tert-OH is 1. The Kier molecular flexibility index (Phi) is 8.10. The molecule has 1 saturated heterocycles. The minimum Gasteiger partial charge on any atom is -0.465 e. The van der Waals surface area contributed by atoms with E-state index in [2.05, 4.69) is 59.4 Å². The van der Waals surface area contributed by atoms with Gasteiger partial charge in [0, 0.05) is 19.6 Å². The zero-order chi connectivity index (χ0) is 32.0. The van der Waals surface area contributed by atoms with Crippen LogP contribution in [0.3, 0.4) is 0 Å². The molecule has 7 heteroatoms. The fourth-order valence-corrected chi connectivity index (χ4v) is 13.4. The molecule has 250 valence electrons. The van der Waals surface area contributed by atoms with Crippen molar-refractivity contribution in [3.05, 3.63) is 11.6 Å². The van der Waals surface area contributed by atoms with Gasteiger partial charge in [0.05, 0.1) is 29.6 Å². The fourth-order valence-electron chi connectivity index (χ4n) is 12.2. The molecule has 1 N–H and O–H groups in total. The summed E-state index contributed by atoms with van der Waals surface area (Å²) in [6.45, 7) is 19.5. The molecule has 44 heavy (non-hydrogen) atoms. The van der Waals surface area contributed by atoms with E-state index in [9.17, 15) is 18.3 Å². The van der Waals surface area contributed by atoms with E-state index in [1.165, 1.54) is 12.8 Å². The molecule has 6 rings (SSSR count). The Hall–Kier alpha value is -0.920. The van der Waals surface area contributed by atoms with E-state index in [-0.39, 0.29) is 56.6 Å². The number of hydrogen-bond donors (Lipinski definition) is 1. The van der Waals surface area contributed by atoms with Crippen LogP contribution in [0, 0.1) is 50.2 Å². The molecule has 0 aromatic rings. The SMILES string of the molecule is CC1(C)CC[C@]2(C(=O)OCCCN3CCS(=O)(=O)CC3)CC[C@]3(C)C(=CC[C@@H]4[C@@]5(C)CC[C@H](O)C(C)(C)[C@@H]5CC[C@]43C)[C@@H]2C1. The highest BCUT2D eigenvalue weighted by Gasteiger charge is 2.69. The standard InChI is InChI=1S/C37H61NO5S/c1-32(2)15-17-37(31(40)43-22-8-19-38-20-23-44(41,42)24-21-38)18-16-35(6)26(27(37)25-32)9-10-29-34(5)13-12-30(39)33(3,4)28(34)11-14-36(29,35)7/h9,27-30,39H,8,10-25H2,1-7H3/t27-,28-,29+,30-,34-,35+,36+,37-/m0/s1. The topological polar surface area (TPSA) is 83.9 Å². The molecule has 8 atom stereocenters. The monoisotopic (exact) mass is 631 g/mol. The van der Waals surface area contributed by atoms with E-state index >= 15 is 0 Å². The van der Waals surface area contributed by atoms with Gasteiger partial charge < -0.3 is 14.7 Å². The van der Waals surface area contributed by atoms with Crippen molar-refractivity contribution in [2.75, 3.05) is 37.7 Å². The number of ether oxygens (including phenoxy) is 1. The van der Waals surface area contributed by atoms with Gasteiger partial charge >= 0.3 is 5.97 Å². The first-order valence-electron chi connectivity index (χ1n) is 17.9. The summed E-state index contributed by atoms with van der Waals surface area (Å²) >= 11 is 0. The van der Waals surface area contributed by atoms with Crippen LogP contribution in [0.4, 0.5) is 0 Å². The molecule has 1 aliphatic heterocycles. The van der Waals surface area contributed by atoms with Crippen molar-refractivity contribution in [2.45, 2.75) is 125 Å². The maximum absolute atomic E-state index is 14.2. The number of carbonyl (C=O) groups is 1. The number of allylic oxidation sites excluding steroid dienone is 2. The maximum Gasteiger partial charge on any atom is 0.312 e. The van der Waals surface area contributed by atoms with Crippen LogP contribution >= 0.6 is 0 Å². The van der Waals surface area contributed by atoms with Gasteiger partial charge in [-0.05, 0) is 115 Å². The third kappa shape index (κ3) is 4.98. The molecule has 0 aromatic heterocycles. The number of nitrogens with zero attached hydrogens (tertiary/aromatic N) is 1. The molecule has 0 aromatic carbocycles. The lowest BCUT2D eigenvalue weighted by atomic mass is 9.33. The van der Waals surface area contributed by atoms with Crippen molar-refractivity contribution in [1.82, 2.24) is 4.90 Å². The number of rotatable bonds is 5. The van der Waals surface area contributed by atoms with Crippen molar-refractivity contribution in [1.29, 1.82) is 0 Å². The van der Waals surface area contributed by atoms with Crippen molar-refractivity contribution < 1.29 is 23.1 Å². The molecule has 4 saturated carbocycles. The average Bonchev–Trinajstić information content (AvgIpc) is 2.94. The Balaban J connectivity index is 1.23. The van der Waals surface area contributed by atoms with Crippen molar-refractivity contribution in [3.63, 3.8) is 0 Å². The number of hydrogen-bond acceptors (Lipinski definition) is 6. The third-order valence-electron chi connectivity index (χ3n) is 15.3. The second-order valence-corrected chi connectivity index (χ2v) is 20.5. The molecular weight excluding hydrogens is 570 g/mol. The molecule has 0 amide bonds. The predicted molar refractivity (Wildman–Crippen MR) is 176 cm³/mol. The summed E-state index contributed by atoms with van der Waals surface area (Å²) in [5.74, 6) is 1.86. The quantitative estimate of drug-likeness (QED) is 0.204. The minimum atomic E-state index is -2.88. The van der Waals surface area contributed by atoms with Gasteiger partial charge in [0.25, 0.3) is 0 Å². The van der Waals surface area contributed by atoms with Gasteiger partial charge in [-0.15, -0.1) is 0 Å². The summed E-state index contributed by atoms with van der Waals surface area (Å²) in [4.78, 5) is 16.4. The number of fused-ring (bicyclic) bond motifs is 7. The molecule has 5 aliphatic carbocycles. The van der Waals surface area contributed by atoms with E-state index in [4.69, 9.17) is 4.74 Å². The number of sulfone groups is 1. The van der Waals surface area contributed by atoms with Crippen LogP contribution in [-0.4, -0.2) is 68.2 Å². The average molecular weight is 632 g/mol. The summed E-state index contributed by atoms with van der Waals surface area (Å²) in [5, 5.41) is 11.0. The highest BCUT2D eigenvalue weighted by molar-refractivity contribution is 7.91. The van der Waals surface area contributed by atoms with Crippen LogP contribution in [0.15, 0.2) is 11.6 Å². The Bertz CT molecular complexity index is 1270. The normalized spacial score (nSPS) is 46.0. The number of aliphatic hydroxyl groups is 1. The maximum atomic E-state index is 14.2. The molecule has 0 radical (unpaired) electrons.